The first-order valence-corrected chi connectivity index (χ1v) is 8.36. The van der Waals surface area contributed by atoms with E-state index in [-0.39, 0.29) is 28.8 Å². The molecular formula is C18H23ClN2O4. The summed E-state index contributed by atoms with van der Waals surface area (Å²) in [5.41, 5.74) is 0.534. The highest BCUT2D eigenvalue weighted by Gasteiger charge is 2.21. The van der Waals surface area contributed by atoms with Crippen LogP contribution in [0.25, 0.3) is 0 Å². The van der Waals surface area contributed by atoms with Crippen molar-refractivity contribution in [3.8, 4) is 0 Å². The molecule has 3 N–H and O–H groups in total. The highest BCUT2D eigenvalue weighted by Crippen LogP contribution is 2.21. The topological polar surface area (TPSA) is 95.5 Å². The Bertz CT molecular complexity index is 658. The number of hydrogen-bond acceptors (Lipinski definition) is 3. The molecule has 0 heterocycles. The predicted octanol–water partition coefficient (Wildman–Crippen LogP) is 3.47. The zero-order valence-electron chi connectivity index (χ0n) is 14.3. The van der Waals surface area contributed by atoms with Crippen LogP contribution in [0.3, 0.4) is 0 Å². The monoisotopic (exact) mass is 366 g/mol. The maximum absolute atomic E-state index is 12.4. The average Bonchev–Trinajstić information content (AvgIpc) is 2.51. The lowest BCUT2D eigenvalue weighted by Gasteiger charge is -2.15. The second-order valence-electron chi connectivity index (χ2n) is 6.07. The molecule has 0 aliphatic carbocycles. The second-order valence-corrected chi connectivity index (χ2v) is 6.48. The van der Waals surface area contributed by atoms with Gasteiger partial charge in [0.05, 0.1) is 10.6 Å². The van der Waals surface area contributed by atoms with Crippen LogP contribution in [0.1, 0.15) is 43.5 Å². The van der Waals surface area contributed by atoms with Gasteiger partial charge in [-0.05, 0) is 37.0 Å². The number of allylic oxidation sites excluding steroid dienone is 1. The minimum absolute atomic E-state index is 0.105. The van der Waals surface area contributed by atoms with E-state index in [1.54, 1.807) is 12.1 Å². The lowest BCUT2D eigenvalue weighted by molar-refractivity contribution is -0.139. The normalized spacial score (nSPS) is 11.7. The molecule has 0 spiro atoms. The number of anilines is 1. The Morgan fingerprint density at radius 2 is 2.00 bits per heavy atom. The number of benzene rings is 1. The van der Waals surface area contributed by atoms with Crippen LogP contribution in [0.2, 0.25) is 5.02 Å². The van der Waals surface area contributed by atoms with E-state index < -0.39 is 17.9 Å². The van der Waals surface area contributed by atoms with Crippen molar-refractivity contribution in [1.29, 1.82) is 0 Å². The summed E-state index contributed by atoms with van der Waals surface area (Å²) in [6.07, 6.45) is 2.62. The number of carbonyl (C=O) groups is 3. The van der Waals surface area contributed by atoms with Crippen molar-refractivity contribution in [3.63, 3.8) is 0 Å². The SMILES string of the molecule is C=CCCC(NC(=O)c1cc(NC(=O)CC(C)C)ccc1Cl)C(=O)O. The molecule has 7 heteroatoms. The quantitative estimate of drug-likeness (QED) is 0.583. The van der Waals surface area contributed by atoms with Crippen molar-refractivity contribution in [1.82, 2.24) is 5.32 Å². The van der Waals surface area contributed by atoms with Crippen LogP contribution in [0.15, 0.2) is 30.9 Å². The predicted molar refractivity (Wildman–Crippen MR) is 97.9 cm³/mol. The summed E-state index contributed by atoms with van der Waals surface area (Å²) >= 11 is 6.04. The van der Waals surface area contributed by atoms with Gasteiger partial charge in [0.25, 0.3) is 5.91 Å². The number of carbonyl (C=O) groups excluding carboxylic acids is 2. The van der Waals surface area contributed by atoms with Crippen LogP contribution in [0.5, 0.6) is 0 Å². The molecule has 1 unspecified atom stereocenters. The molecule has 1 rings (SSSR count). The number of rotatable bonds is 9. The Balaban J connectivity index is 2.90. The van der Waals surface area contributed by atoms with Crippen LogP contribution in [0.4, 0.5) is 5.69 Å². The number of halogens is 1. The number of carboxylic acid groups (broad SMARTS) is 1. The van der Waals surface area contributed by atoms with Gasteiger partial charge < -0.3 is 15.7 Å². The van der Waals surface area contributed by atoms with Gasteiger partial charge in [0.15, 0.2) is 0 Å². The fraction of sp³-hybridized carbons (Fsp3) is 0.389. The molecule has 0 saturated heterocycles. The van der Waals surface area contributed by atoms with E-state index in [0.29, 0.717) is 18.5 Å². The molecule has 0 bridgehead atoms. The summed E-state index contributed by atoms with van der Waals surface area (Å²) in [4.78, 5) is 35.4. The third kappa shape index (κ3) is 6.97. The molecule has 0 aliphatic rings. The van der Waals surface area contributed by atoms with Gasteiger partial charge in [-0.15, -0.1) is 6.58 Å². The first-order chi connectivity index (χ1) is 11.7. The summed E-state index contributed by atoms with van der Waals surface area (Å²) in [5, 5.41) is 14.5. The third-order valence-electron chi connectivity index (χ3n) is 3.35. The van der Waals surface area contributed by atoms with Crippen molar-refractivity contribution in [2.24, 2.45) is 5.92 Å². The van der Waals surface area contributed by atoms with Crippen LogP contribution in [-0.2, 0) is 9.59 Å². The Morgan fingerprint density at radius 1 is 1.32 bits per heavy atom. The van der Waals surface area contributed by atoms with Crippen LogP contribution in [-0.4, -0.2) is 28.9 Å². The van der Waals surface area contributed by atoms with E-state index >= 15 is 0 Å². The molecule has 0 radical (unpaired) electrons. The first kappa shape index (κ1) is 20.7. The molecule has 1 aromatic rings. The van der Waals surface area contributed by atoms with Gasteiger partial charge in [-0.25, -0.2) is 4.79 Å². The van der Waals surface area contributed by atoms with E-state index in [4.69, 9.17) is 11.6 Å². The van der Waals surface area contributed by atoms with Gasteiger partial charge in [-0.1, -0.05) is 31.5 Å². The molecule has 25 heavy (non-hydrogen) atoms. The van der Waals surface area contributed by atoms with Gasteiger partial charge >= 0.3 is 5.97 Å². The smallest absolute Gasteiger partial charge is 0.326 e. The summed E-state index contributed by atoms with van der Waals surface area (Å²) in [7, 11) is 0. The summed E-state index contributed by atoms with van der Waals surface area (Å²) < 4.78 is 0. The molecule has 6 nitrogen and oxygen atoms in total. The fourth-order valence-corrected chi connectivity index (χ4v) is 2.34. The molecule has 0 saturated carbocycles. The van der Waals surface area contributed by atoms with Gasteiger partial charge in [0.2, 0.25) is 5.91 Å². The van der Waals surface area contributed by atoms with E-state index in [2.05, 4.69) is 17.2 Å². The van der Waals surface area contributed by atoms with Crippen LogP contribution in [0, 0.1) is 5.92 Å². The van der Waals surface area contributed by atoms with E-state index in [0.717, 1.165) is 0 Å². The second kappa shape index (κ2) is 9.84. The van der Waals surface area contributed by atoms with Crippen LogP contribution >= 0.6 is 11.6 Å². The molecule has 0 aliphatic heterocycles. The average molecular weight is 367 g/mol. The molecule has 2 amide bonds. The van der Waals surface area contributed by atoms with Gasteiger partial charge in [0.1, 0.15) is 6.04 Å². The molecule has 1 atom stereocenters. The van der Waals surface area contributed by atoms with E-state index in [1.807, 2.05) is 13.8 Å². The highest BCUT2D eigenvalue weighted by molar-refractivity contribution is 6.34. The van der Waals surface area contributed by atoms with Crippen molar-refractivity contribution in [3.05, 3.63) is 41.4 Å². The van der Waals surface area contributed by atoms with Gasteiger partial charge in [0, 0.05) is 12.1 Å². The summed E-state index contributed by atoms with van der Waals surface area (Å²) in [5.74, 6) is -1.71. The Kier molecular flexibility index (Phi) is 8.15. The maximum atomic E-state index is 12.4. The van der Waals surface area contributed by atoms with Crippen molar-refractivity contribution in [2.75, 3.05) is 5.32 Å². The van der Waals surface area contributed by atoms with Gasteiger partial charge in [-0.2, -0.15) is 0 Å². The fourth-order valence-electron chi connectivity index (χ4n) is 2.14. The molecule has 136 valence electrons. The van der Waals surface area contributed by atoms with Crippen LogP contribution < -0.4 is 10.6 Å². The first-order valence-electron chi connectivity index (χ1n) is 7.98. The summed E-state index contributed by atoms with van der Waals surface area (Å²) in [6, 6.07) is 3.47. The zero-order chi connectivity index (χ0) is 19.0. The number of carboxylic acids is 1. The van der Waals surface area contributed by atoms with Gasteiger partial charge in [-0.3, -0.25) is 9.59 Å². The summed E-state index contributed by atoms with van der Waals surface area (Å²) in [6.45, 7) is 7.39. The zero-order valence-corrected chi connectivity index (χ0v) is 15.1. The number of amides is 2. The van der Waals surface area contributed by atoms with Crippen molar-refractivity contribution < 1.29 is 19.5 Å². The molecule has 1 aromatic carbocycles. The lowest BCUT2D eigenvalue weighted by atomic mass is 10.1. The molecule has 0 aromatic heterocycles. The van der Waals surface area contributed by atoms with Crippen molar-refractivity contribution in [2.45, 2.75) is 39.2 Å². The van der Waals surface area contributed by atoms with E-state index in [1.165, 1.54) is 12.1 Å². The molecular weight excluding hydrogens is 344 g/mol. The highest BCUT2D eigenvalue weighted by atomic mass is 35.5. The number of hydrogen-bond donors (Lipinski definition) is 3. The standard InChI is InChI=1S/C18H23ClN2O4/c1-4-5-6-15(18(24)25)21-17(23)13-10-12(7-8-14(13)19)20-16(22)9-11(2)3/h4,7-8,10-11,15H,1,5-6,9H2,2-3H3,(H,20,22)(H,21,23)(H,24,25). The minimum atomic E-state index is -1.13. The van der Waals surface area contributed by atoms with E-state index in [9.17, 15) is 19.5 Å². The van der Waals surface area contributed by atoms with Crippen molar-refractivity contribution >= 4 is 35.1 Å². The number of aliphatic carboxylic acids is 1. The third-order valence-corrected chi connectivity index (χ3v) is 3.68. The lowest BCUT2D eigenvalue weighted by Crippen LogP contribution is -2.40. The maximum Gasteiger partial charge on any atom is 0.326 e. The number of nitrogens with one attached hydrogen (secondary N) is 2. The Morgan fingerprint density at radius 3 is 2.56 bits per heavy atom. The minimum Gasteiger partial charge on any atom is -0.480 e. The Labute approximate surface area is 152 Å². The largest absolute Gasteiger partial charge is 0.480 e. The molecule has 0 fully saturated rings. The Hall–Kier alpha value is -2.34.